The number of carbonyl (C=O) groups is 2. The molecule has 2 aliphatic rings. The average Bonchev–Trinajstić information content (AvgIpc) is 2.46. The van der Waals surface area contributed by atoms with E-state index in [2.05, 4.69) is 41.5 Å². The highest BCUT2D eigenvalue weighted by atomic mass is 16.2. The zero-order chi connectivity index (χ0) is 15.7. The van der Waals surface area contributed by atoms with Crippen molar-refractivity contribution in [3.63, 3.8) is 0 Å². The molecule has 1 aromatic rings. The molecule has 0 aliphatic carbocycles. The van der Waals surface area contributed by atoms with Gasteiger partial charge in [-0.3, -0.25) is 14.9 Å². The molecular weight excluding hydrogens is 278 g/mol. The fourth-order valence-electron chi connectivity index (χ4n) is 3.47. The number of rotatable bonds is 2. The zero-order valence-corrected chi connectivity index (χ0v) is 13.1. The van der Waals surface area contributed by atoms with Gasteiger partial charge in [0.05, 0.1) is 5.92 Å². The first kappa shape index (κ1) is 15.0. The number of benzene rings is 1. The molecule has 2 aliphatic heterocycles. The van der Waals surface area contributed by atoms with Gasteiger partial charge in [-0.1, -0.05) is 12.1 Å². The summed E-state index contributed by atoms with van der Waals surface area (Å²) >= 11 is 0. The molecule has 2 fully saturated rings. The van der Waals surface area contributed by atoms with Crippen molar-refractivity contribution in [3.8, 4) is 0 Å². The maximum absolute atomic E-state index is 11.9. The maximum atomic E-state index is 11.9. The first-order chi connectivity index (χ1) is 10.5. The molecule has 0 bridgehead atoms. The van der Waals surface area contributed by atoms with E-state index in [0.29, 0.717) is 24.9 Å². The minimum absolute atomic E-state index is 0.165. The minimum Gasteiger partial charge on any atom is -0.368 e. The summed E-state index contributed by atoms with van der Waals surface area (Å²) in [5.74, 6) is -0.539. The van der Waals surface area contributed by atoms with Gasteiger partial charge in [-0.05, 0) is 38.0 Å². The molecule has 2 unspecified atom stereocenters. The SMILES string of the molecule is CC1CN(c2ccc(C3CCC(=O)NC3=O)cc2)C[C@H](C)N1. The summed E-state index contributed by atoms with van der Waals surface area (Å²) in [6, 6.07) is 9.16. The number of anilines is 1. The first-order valence-electron chi connectivity index (χ1n) is 7.97. The Kier molecular flexibility index (Phi) is 4.16. The van der Waals surface area contributed by atoms with E-state index in [1.807, 2.05) is 12.1 Å². The Bertz CT molecular complexity index is 560. The van der Waals surface area contributed by atoms with Crippen LogP contribution in [0.3, 0.4) is 0 Å². The van der Waals surface area contributed by atoms with Gasteiger partial charge in [-0.2, -0.15) is 0 Å². The van der Waals surface area contributed by atoms with Crippen LogP contribution in [0.15, 0.2) is 24.3 Å². The monoisotopic (exact) mass is 301 g/mol. The molecule has 0 spiro atoms. The van der Waals surface area contributed by atoms with Crippen LogP contribution >= 0.6 is 0 Å². The summed E-state index contributed by atoms with van der Waals surface area (Å²) in [7, 11) is 0. The van der Waals surface area contributed by atoms with Crippen molar-refractivity contribution in [3.05, 3.63) is 29.8 Å². The van der Waals surface area contributed by atoms with Crippen LogP contribution in [-0.2, 0) is 9.59 Å². The molecule has 0 radical (unpaired) electrons. The summed E-state index contributed by atoms with van der Waals surface area (Å²) in [6.07, 6.45) is 1.02. The second-order valence-electron chi connectivity index (χ2n) is 6.47. The van der Waals surface area contributed by atoms with Crippen molar-refractivity contribution < 1.29 is 9.59 Å². The Morgan fingerprint density at radius 3 is 2.27 bits per heavy atom. The molecule has 5 nitrogen and oxygen atoms in total. The van der Waals surface area contributed by atoms with E-state index in [4.69, 9.17) is 0 Å². The van der Waals surface area contributed by atoms with E-state index in [1.165, 1.54) is 5.69 Å². The molecule has 2 saturated heterocycles. The van der Waals surface area contributed by atoms with Crippen LogP contribution in [0.2, 0.25) is 0 Å². The second-order valence-corrected chi connectivity index (χ2v) is 6.47. The largest absolute Gasteiger partial charge is 0.368 e. The maximum Gasteiger partial charge on any atom is 0.234 e. The van der Waals surface area contributed by atoms with Crippen molar-refractivity contribution in [1.82, 2.24) is 10.6 Å². The molecular formula is C17H23N3O2. The third-order valence-electron chi connectivity index (χ3n) is 4.46. The lowest BCUT2D eigenvalue weighted by atomic mass is 9.90. The Morgan fingerprint density at radius 2 is 1.68 bits per heavy atom. The van der Waals surface area contributed by atoms with E-state index in [0.717, 1.165) is 18.7 Å². The van der Waals surface area contributed by atoms with Crippen molar-refractivity contribution >= 4 is 17.5 Å². The van der Waals surface area contributed by atoms with Gasteiger partial charge in [0.1, 0.15) is 0 Å². The van der Waals surface area contributed by atoms with Crippen LogP contribution < -0.4 is 15.5 Å². The second kappa shape index (κ2) is 6.08. The molecule has 0 aromatic heterocycles. The number of hydrogen-bond donors (Lipinski definition) is 2. The molecule has 2 amide bonds. The van der Waals surface area contributed by atoms with Crippen LogP contribution in [0.5, 0.6) is 0 Å². The third kappa shape index (κ3) is 3.14. The summed E-state index contributed by atoms with van der Waals surface area (Å²) in [6.45, 7) is 6.37. The molecule has 3 atom stereocenters. The molecule has 0 saturated carbocycles. The molecule has 118 valence electrons. The minimum atomic E-state index is -0.201. The number of imide groups is 1. The van der Waals surface area contributed by atoms with Crippen molar-refractivity contribution in [1.29, 1.82) is 0 Å². The normalized spacial score (nSPS) is 29.4. The Morgan fingerprint density at radius 1 is 1.05 bits per heavy atom. The smallest absolute Gasteiger partial charge is 0.234 e. The summed E-state index contributed by atoms with van der Waals surface area (Å²) in [4.78, 5) is 25.5. The number of carbonyl (C=O) groups excluding carboxylic acids is 2. The van der Waals surface area contributed by atoms with E-state index in [9.17, 15) is 9.59 Å². The van der Waals surface area contributed by atoms with E-state index < -0.39 is 0 Å². The summed E-state index contributed by atoms with van der Waals surface area (Å²) in [5, 5.41) is 5.95. The Labute approximate surface area is 131 Å². The lowest BCUT2D eigenvalue weighted by Crippen LogP contribution is -2.54. The van der Waals surface area contributed by atoms with Gasteiger partial charge >= 0.3 is 0 Å². The highest BCUT2D eigenvalue weighted by molar-refractivity contribution is 6.00. The van der Waals surface area contributed by atoms with Crippen LogP contribution in [-0.4, -0.2) is 37.0 Å². The Balaban J connectivity index is 1.72. The fourth-order valence-corrected chi connectivity index (χ4v) is 3.47. The van der Waals surface area contributed by atoms with Gasteiger partial charge in [0.25, 0.3) is 0 Å². The fraction of sp³-hybridized carbons (Fsp3) is 0.529. The summed E-state index contributed by atoms with van der Waals surface area (Å²) < 4.78 is 0. The number of hydrogen-bond acceptors (Lipinski definition) is 4. The average molecular weight is 301 g/mol. The zero-order valence-electron chi connectivity index (χ0n) is 13.1. The van der Waals surface area contributed by atoms with Gasteiger partial charge in [0.15, 0.2) is 0 Å². The number of amides is 2. The van der Waals surface area contributed by atoms with Gasteiger partial charge in [0, 0.05) is 37.3 Å². The molecule has 5 heteroatoms. The van der Waals surface area contributed by atoms with Crippen LogP contribution in [0.4, 0.5) is 5.69 Å². The third-order valence-corrected chi connectivity index (χ3v) is 4.46. The predicted octanol–water partition coefficient (Wildman–Crippen LogP) is 1.39. The number of piperazine rings is 1. The van der Waals surface area contributed by atoms with E-state index >= 15 is 0 Å². The lowest BCUT2D eigenvalue weighted by Gasteiger charge is -2.37. The van der Waals surface area contributed by atoms with Crippen LogP contribution in [0.25, 0.3) is 0 Å². The van der Waals surface area contributed by atoms with Gasteiger partial charge < -0.3 is 10.2 Å². The highest BCUT2D eigenvalue weighted by Gasteiger charge is 2.28. The predicted molar refractivity (Wildman–Crippen MR) is 85.8 cm³/mol. The number of nitrogens with one attached hydrogen (secondary N) is 2. The molecule has 2 heterocycles. The topological polar surface area (TPSA) is 61.4 Å². The summed E-state index contributed by atoms with van der Waals surface area (Å²) in [5.41, 5.74) is 2.18. The lowest BCUT2D eigenvalue weighted by molar-refractivity contribution is -0.134. The number of nitrogens with zero attached hydrogens (tertiary/aromatic N) is 1. The molecule has 22 heavy (non-hydrogen) atoms. The van der Waals surface area contributed by atoms with E-state index in [-0.39, 0.29) is 17.7 Å². The molecule has 1 aromatic carbocycles. The first-order valence-corrected chi connectivity index (χ1v) is 7.97. The van der Waals surface area contributed by atoms with Crippen LogP contribution in [0.1, 0.15) is 38.2 Å². The van der Waals surface area contributed by atoms with Crippen molar-refractivity contribution in [2.75, 3.05) is 18.0 Å². The Hall–Kier alpha value is -1.88. The van der Waals surface area contributed by atoms with Gasteiger partial charge in [0.2, 0.25) is 11.8 Å². The highest BCUT2D eigenvalue weighted by Crippen LogP contribution is 2.27. The van der Waals surface area contributed by atoms with Crippen LogP contribution in [0, 0.1) is 0 Å². The molecule has 3 rings (SSSR count). The number of piperidine rings is 1. The van der Waals surface area contributed by atoms with Crippen molar-refractivity contribution in [2.24, 2.45) is 0 Å². The quantitative estimate of drug-likeness (QED) is 0.811. The van der Waals surface area contributed by atoms with Gasteiger partial charge in [-0.15, -0.1) is 0 Å². The van der Waals surface area contributed by atoms with Gasteiger partial charge in [-0.25, -0.2) is 0 Å². The van der Waals surface area contributed by atoms with Crippen molar-refractivity contribution in [2.45, 2.75) is 44.7 Å². The molecule has 2 N–H and O–H groups in total. The van der Waals surface area contributed by atoms with E-state index in [1.54, 1.807) is 0 Å². The standard InChI is InChI=1S/C17H23N3O2/c1-11-9-20(10-12(2)18-11)14-5-3-13(4-6-14)15-7-8-16(21)19-17(15)22/h3-6,11-12,15,18H,7-10H2,1-2H3,(H,19,21,22)/t11-,12?,15?/m0/s1.